The van der Waals surface area contributed by atoms with E-state index in [2.05, 4.69) is 26.1 Å². The molecule has 1 aliphatic rings. The summed E-state index contributed by atoms with van der Waals surface area (Å²) in [6, 6.07) is 0.518. The second-order valence-corrected chi connectivity index (χ2v) is 6.15. The minimum absolute atomic E-state index is 0.304. The molecule has 4 unspecified atom stereocenters. The molecule has 0 spiro atoms. The highest BCUT2D eigenvalue weighted by Gasteiger charge is 2.28. The van der Waals surface area contributed by atoms with Crippen LogP contribution in [0, 0.1) is 11.8 Å². The molecule has 108 valence electrons. The van der Waals surface area contributed by atoms with Gasteiger partial charge in [0, 0.05) is 6.04 Å². The Morgan fingerprint density at radius 1 is 1.06 bits per heavy atom. The third-order valence-electron chi connectivity index (χ3n) is 4.51. The van der Waals surface area contributed by atoms with Gasteiger partial charge in [-0.05, 0) is 31.1 Å². The monoisotopic (exact) mass is 255 g/mol. The van der Waals surface area contributed by atoms with Crippen LogP contribution in [0.3, 0.4) is 0 Å². The van der Waals surface area contributed by atoms with Gasteiger partial charge in [0.15, 0.2) is 0 Å². The first-order valence-electron chi connectivity index (χ1n) is 8.13. The number of aliphatic hydroxyl groups excluding tert-OH is 1. The predicted molar refractivity (Wildman–Crippen MR) is 78.5 cm³/mol. The summed E-state index contributed by atoms with van der Waals surface area (Å²) < 4.78 is 0. The van der Waals surface area contributed by atoms with Crippen LogP contribution < -0.4 is 5.32 Å². The molecule has 0 aromatic heterocycles. The van der Waals surface area contributed by atoms with Crippen molar-refractivity contribution >= 4 is 0 Å². The number of hydrogen-bond donors (Lipinski definition) is 2. The summed E-state index contributed by atoms with van der Waals surface area (Å²) in [6.07, 6.45) is 10.9. The van der Waals surface area contributed by atoms with Gasteiger partial charge in [-0.1, -0.05) is 59.3 Å². The van der Waals surface area contributed by atoms with E-state index >= 15 is 0 Å². The fraction of sp³-hybridized carbons (Fsp3) is 1.00. The molecule has 2 nitrogen and oxygen atoms in total. The minimum atomic E-state index is -0.304. The van der Waals surface area contributed by atoms with Gasteiger partial charge in [0.1, 0.15) is 6.23 Å². The van der Waals surface area contributed by atoms with E-state index in [1.165, 1.54) is 44.9 Å². The molecule has 1 fully saturated rings. The topological polar surface area (TPSA) is 32.3 Å². The molecule has 0 aromatic rings. The Bertz CT molecular complexity index is 207. The van der Waals surface area contributed by atoms with Crippen LogP contribution in [0.4, 0.5) is 0 Å². The van der Waals surface area contributed by atoms with Gasteiger partial charge in [-0.15, -0.1) is 0 Å². The van der Waals surface area contributed by atoms with Crippen LogP contribution in [0.25, 0.3) is 0 Å². The van der Waals surface area contributed by atoms with Crippen LogP contribution >= 0.6 is 0 Å². The number of nitrogens with one attached hydrogen (secondary N) is 1. The van der Waals surface area contributed by atoms with Gasteiger partial charge in [-0.2, -0.15) is 0 Å². The maximum Gasteiger partial charge on any atom is 0.105 e. The summed E-state index contributed by atoms with van der Waals surface area (Å²) in [7, 11) is 0. The smallest absolute Gasteiger partial charge is 0.105 e. The zero-order valence-electron chi connectivity index (χ0n) is 12.6. The van der Waals surface area contributed by atoms with Gasteiger partial charge >= 0.3 is 0 Å². The first-order valence-corrected chi connectivity index (χ1v) is 8.13. The third-order valence-corrected chi connectivity index (χ3v) is 4.51. The zero-order chi connectivity index (χ0) is 13.4. The summed E-state index contributed by atoms with van der Waals surface area (Å²) in [6.45, 7) is 6.79. The van der Waals surface area contributed by atoms with Crippen LogP contribution in [0.15, 0.2) is 0 Å². The van der Waals surface area contributed by atoms with E-state index in [9.17, 15) is 5.11 Å². The molecule has 0 radical (unpaired) electrons. The molecule has 18 heavy (non-hydrogen) atoms. The van der Waals surface area contributed by atoms with Crippen molar-refractivity contribution in [3.8, 4) is 0 Å². The molecule has 1 saturated carbocycles. The molecule has 0 aromatic carbocycles. The molecule has 1 rings (SSSR count). The molecular formula is C16H33NO. The van der Waals surface area contributed by atoms with Crippen molar-refractivity contribution in [1.82, 2.24) is 5.32 Å². The summed E-state index contributed by atoms with van der Waals surface area (Å²) in [5, 5.41) is 13.5. The van der Waals surface area contributed by atoms with E-state index in [1.807, 2.05) is 0 Å². The van der Waals surface area contributed by atoms with Crippen LogP contribution in [-0.2, 0) is 0 Å². The lowest BCUT2D eigenvalue weighted by atomic mass is 9.81. The highest BCUT2D eigenvalue weighted by atomic mass is 16.3. The van der Waals surface area contributed by atoms with Crippen molar-refractivity contribution in [1.29, 1.82) is 0 Å². The fourth-order valence-corrected chi connectivity index (χ4v) is 3.46. The second-order valence-electron chi connectivity index (χ2n) is 6.15. The third kappa shape index (κ3) is 5.27. The molecular weight excluding hydrogens is 222 g/mol. The van der Waals surface area contributed by atoms with Crippen LogP contribution in [0.1, 0.15) is 78.6 Å². The Morgan fingerprint density at radius 2 is 1.72 bits per heavy atom. The van der Waals surface area contributed by atoms with Crippen molar-refractivity contribution in [3.05, 3.63) is 0 Å². The van der Waals surface area contributed by atoms with Gasteiger partial charge < -0.3 is 5.11 Å². The van der Waals surface area contributed by atoms with E-state index in [0.29, 0.717) is 6.04 Å². The molecule has 2 N–H and O–H groups in total. The molecule has 4 atom stereocenters. The molecule has 1 aliphatic carbocycles. The van der Waals surface area contributed by atoms with E-state index in [1.54, 1.807) is 0 Å². The lowest BCUT2D eigenvalue weighted by Gasteiger charge is -2.33. The Labute approximate surface area is 114 Å². The van der Waals surface area contributed by atoms with Gasteiger partial charge in [0.05, 0.1) is 0 Å². The van der Waals surface area contributed by atoms with Crippen LogP contribution in [0.5, 0.6) is 0 Å². The molecule has 0 bridgehead atoms. The molecule has 0 amide bonds. The van der Waals surface area contributed by atoms with E-state index < -0.39 is 0 Å². The lowest BCUT2D eigenvalue weighted by Crippen LogP contribution is -2.44. The standard InChI is InChI=1S/C16H33NO/c1-4-9-15(17-16(18)10-5-2)14-12-8-6-7-11-13(14)3/h13-18H,4-12H2,1-3H3. The van der Waals surface area contributed by atoms with Gasteiger partial charge in [-0.25, -0.2) is 0 Å². The molecule has 0 aliphatic heterocycles. The van der Waals surface area contributed by atoms with E-state index in [-0.39, 0.29) is 6.23 Å². The number of aliphatic hydroxyl groups is 1. The Morgan fingerprint density at radius 3 is 2.39 bits per heavy atom. The summed E-state index contributed by atoms with van der Waals surface area (Å²) in [5.41, 5.74) is 0. The van der Waals surface area contributed by atoms with Gasteiger partial charge in [-0.3, -0.25) is 5.32 Å². The highest BCUT2D eigenvalue weighted by molar-refractivity contribution is 4.82. The SMILES string of the molecule is CCCC(O)NC(CCC)C1CCCCCC1C. The first-order chi connectivity index (χ1) is 8.69. The molecule has 0 heterocycles. The summed E-state index contributed by atoms with van der Waals surface area (Å²) >= 11 is 0. The number of rotatable bonds is 7. The summed E-state index contributed by atoms with van der Waals surface area (Å²) in [5.74, 6) is 1.57. The van der Waals surface area contributed by atoms with Gasteiger partial charge in [0.2, 0.25) is 0 Å². The predicted octanol–water partition coefficient (Wildman–Crippen LogP) is 4.08. The average molecular weight is 255 g/mol. The second kappa shape index (κ2) is 8.92. The number of hydrogen-bond acceptors (Lipinski definition) is 2. The molecule has 0 saturated heterocycles. The van der Waals surface area contributed by atoms with Crippen LogP contribution in [0.2, 0.25) is 0 Å². The Kier molecular flexibility index (Phi) is 7.92. The zero-order valence-corrected chi connectivity index (χ0v) is 12.6. The maximum atomic E-state index is 10.0. The first kappa shape index (κ1) is 16.0. The normalized spacial score (nSPS) is 28.7. The average Bonchev–Trinajstić information content (AvgIpc) is 2.54. The van der Waals surface area contributed by atoms with Gasteiger partial charge in [0.25, 0.3) is 0 Å². The quantitative estimate of drug-likeness (QED) is 0.531. The summed E-state index contributed by atoms with van der Waals surface area (Å²) in [4.78, 5) is 0. The Hall–Kier alpha value is -0.0800. The maximum absolute atomic E-state index is 10.0. The fourth-order valence-electron chi connectivity index (χ4n) is 3.46. The van der Waals surface area contributed by atoms with Crippen molar-refractivity contribution in [2.45, 2.75) is 90.8 Å². The Balaban J connectivity index is 2.57. The largest absolute Gasteiger partial charge is 0.379 e. The van der Waals surface area contributed by atoms with Crippen LogP contribution in [-0.4, -0.2) is 17.4 Å². The van der Waals surface area contributed by atoms with E-state index in [4.69, 9.17) is 0 Å². The van der Waals surface area contributed by atoms with Crippen molar-refractivity contribution in [2.75, 3.05) is 0 Å². The van der Waals surface area contributed by atoms with Crippen molar-refractivity contribution < 1.29 is 5.11 Å². The van der Waals surface area contributed by atoms with E-state index in [0.717, 1.165) is 24.7 Å². The van der Waals surface area contributed by atoms with Crippen molar-refractivity contribution in [3.63, 3.8) is 0 Å². The highest BCUT2D eigenvalue weighted by Crippen LogP contribution is 2.32. The lowest BCUT2D eigenvalue weighted by molar-refractivity contribution is 0.0856. The molecule has 2 heteroatoms. The minimum Gasteiger partial charge on any atom is -0.379 e. The van der Waals surface area contributed by atoms with Crippen molar-refractivity contribution in [2.24, 2.45) is 11.8 Å².